The van der Waals surface area contributed by atoms with Crippen molar-refractivity contribution in [1.29, 1.82) is 0 Å². The molecule has 1 aromatic heterocycles. The first-order chi connectivity index (χ1) is 13.5. The van der Waals surface area contributed by atoms with Gasteiger partial charge in [0.15, 0.2) is 0 Å². The standard InChI is InChI=1S/C22H24N4O2/c1-16(2)28-20-11-9-19(10-12-20)25-21(27)18-13-23-22(24-14-18)26(3)15-17-7-5-4-6-8-17/h4-14,16H,15H2,1-3H3,(H,25,27). The number of nitrogens with one attached hydrogen (secondary N) is 1. The summed E-state index contributed by atoms with van der Waals surface area (Å²) in [5.41, 5.74) is 2.26. The van der Waals surface area contributed by atoms with E-state index >= 15 is 0 Å². The number of carbonyl (C=O) groups excluding carboxylic acids is 1. The Morgan fingerprint density at radius 3 is 2.29 bits per heavy atom. The second-order valence-electron chi connectivity index (χ2n) is 6.76. The fourth-order valence-electron chi connectivity index (χ4n) is 2.66. The SMILES string of the molecule is CC(C)Oc1ccc(NC(=O)c2cnc(N(C)Cc3ccccc3)nc2)cc1. The number of hydrogen-bond donors (Lipinski definition) is 1. The Balaban J connectivity index is 1.60. The Bertz CT molecular complexity index is 894. The molecule has 1 N–H and O–H groups in total. The molecule has 0 aliphatic heterocycles. The molecule has 0 fully saturated rings. The molecule has 6 nitrogen and oxygen atoms in total. The van der Waals surface area contributed by atoms with Crippen molar-refractivity contribution < 1.29 is 9.53 Å². The molecule has 0 saturated heterocycles. The van der Waals surface area contributed by atoms with Crippen LogP contribution in [0.2, 0.25) is 0 Å². The summed E-state index contributed by atoms with van der Waals surface area (Å²) in [5, 5.41) is 2.84. The molecule has 0 radical (unpaired) electrons. The zero-order chi connectivity index (χ0) is 19.9. The highest BCUT2D eigenvalue weighted by atomic mass is 16.5. The first-order valence-corrected chi connectivity index (χ1v) is 9.16. The Labute approximate surface area is 165 Å². The van der Waals surface area contributed by atoms with Crippen LogP contribution in [0.1, 0.15) is 29.8 Å². The van der Waals surface area contributed by atoms with Gasteiger partial charge in [-0.15, -0.1) is 0 Å². The van der Waals surface area contributed by atoms with Gasteiger partial charge in [0.1, 0.15) is 5.75 Å². The zero-order valence-electron chi connectivity index (χ0n) is 16.3. The summed E-state index contributed by atoms with van der Waals surface area (Å²) in [7, 11) is 1.92. The van der Waals surface area contributed by atoms with Crippen LogP contribution in [0, 0.1) is 0 Å². The summed E-state index contributed by atoms with van der Waals surface area (Å²) in [6.45, 7) is 4.63. The lowest BCUT2D eigenvalue weighted by Crippen LogP contribution is -2.20. The molecule has 2 aromatic carbocycles. The van der Waals surface area contributed by atoms with Crippen LogP contribution in [0.3, 0.4) is 0 Å². The largest absolute Gasteiger partial charge is 0.491 e. The summed E-state index contributed by atoms with van der Waals surface area (Å²) in [5.74, 6) is 1.08. The van der Waals surface area contributed by atoms with Gasteiger partial charge in [0, 0.05) is 31.7 Å². The van der Waals surface area contributed by atoms with Crippen molar-refractivity contribution in [1.82, 2.24) is 9.97 Å². The lowest BCUT2D eigenvalue weighted by Gasteiger charge is -2.17. The first kappa shape index (κ1) is 19.4. The third-order valence-corrected chi connectivity index (χ3v) is 3.99. The fraction of sp³-hybridized carbons (Fsp3) is 0.227. The van der Waals surface area contributed by atoms with Gasteiger partial charge in [-0.05, 0) is 43.7 Å². The lowest BCUT2D eigenvalue weighted by atomic mass is 10.2. The van der Waals surface area contributed by atoms with Gasteiger partial charge in [-0.2, -0.15) is 0 Å². The molecule has 0 unspecified atom stereocenters. The molecular formula is C22H24N4O2. The first-order valence-electron chi connectivity index (χ1n) is 9.16. The van der Waals surface area contributed by atoms with E-state index in [2.05, 4.69) is 27.4 Å². The fourth-order valence-corrected chi connectivity index (χ4v) is 2.66. The molecule has 3 aromatic rings. The van der Waals surface area contributed by atoms with Gasteiger partial charge in [-0.3, -0.25) is 4.79 Å². The van der Waals surface area contributed by atoms with E-state index in [1.54, 1.807) is 12.1 Å². The highest BCUT2D eigenvalue weighted by Crippen LogP contribution is 2.18. The normalized spacial score (nSPS) is 10.6. The molecule has 3 rings (SSSR count). The van der Waals surface area contributed by atoms with Crippen LogP contribution in [0.25, 0.3) is 0 Å². The van der Waals surface area contributed by atoms with E-state index in [0.717, 1.165) is 5.75 Å². The minimum absolute atomic E-state index is 0.108. The van der Waals surface area contributed by atoms with Crippen molar-refractivity contribution in [2.24, 2.45) is 0 Å². The number of aromatic nitrogens is 2. The average molecular weight is 376 g/mol. The highest BCUT2D eigenvalue weighted by molar-refractivity contribution is 6.03. The molecule has 28 heavy (non-hydrogen) atoms. The monoisotopic (exact) mass is 376 g/mol. The van der Waals surface area contributed by atoms with Gasteiger partial charge in [0.2, 0.25) is 5.95 Å². The summed E-state index contributed by atoms with van der Waals surface area (Å²) >= 11 is 0. The van der Waals surface area contributed by atoms with E-state index in [9.17, 15) is 4.79 Å². The van der Waals surface area contributed by atoms with Crippen molar-refractivity contribution in [2.45, 2.75) is 26.5 Å². The van der Waals surface area contributed by atoms with Crippen LogP contribution >= 0.6 is 0 Å². The summed E-state index contributed by atoms with van der Waals surface area (Å²) in [4.78, 5) is 23.0. The van der Waals surface area contributed by atoms with Crippen LogP contribution in [-0.4, -0.2) is 29.0 Å². The Kier molecular flexibility index (Phi) is 6.22. The topological polar surface area (TPSA) is 67.3 Å². The predicted octanol–water partition coefficient (Wildman–Crippen LogP) is 4.15. The van der Waals surface area contributed by atoms with Gasteiger partial charge >= 0.3 is 0 Å². The van der Waals surface area contributed by atoms with Crippen molar-refractivity contribution >= 4 is 17.5 Å². The van der Waals surface area contributed by atoms with Crippen LogP contribution in [-0.2, 0) is 6.54 Å². The van der Waals surface area contributed by atoms with Crippen LogP contribution < -0.4 is 15.0 Å². The molecule has 1 amide bonds. The number of amides is 1. The molecule has 144 valence electrons. The molecular weight excluding hydrogens is 352 g/mol. The maximum absolute atomic E-state index is 12.4. The Hall–Kier alpha value is -3.41. The maximum Gasteiger partial charge on any atom is 0.258 e. The summed E-state index contributed by atoms with van der Waals surface area (Å²) in [6, 6.07) is 17.3. The maximum atomic E-state index is 12.4. The molecule has 0 aliphatic carbocycles. The number of carbonyl (C=O) groups is 1. The smallest absolute Gasteiger partial charge is 0.258 e. The molecule has 0 atom stereocenters. The molecule has 6 heteroatoms. The number of ether oxygens (including phenoxy) is 1. The van der Waals surface area contributed by atoms with Gasteiger partial charge < -0.3 is 15.0 Å². The highest BCUT2D eigenvalue weighted by Gasteiger charge is 2.10. The van der Waals surface area contributed by atoms with E-state index in [1.807, 2.05) is 56.1 Å². The van der Waals surface area contributed by atoms with E-state index in [0.29, 0.717) is 23.7 Å². The van der Waals surface area contributed by atoms with Crippen LogP contribution in [0.5, 0.6) is 5.75 Å². The van der Waals surface area contributed by atoms with Gasteiger partial charge in [0.25, 0.3) is 5.91 Å². The van der Waals surface area contributed by atoms with Crippen LogP contribution in [0.4, 0.5) is 11.6 Å². The minimum Gasteiger partial charge on any atom is -0.491 e. The molecule has 0 bridgehead atoms. The number of nitrogens with zero attached hydrogens (tertiary/aromatic N) is 3. The minimum atomic E-state index is -0.255. The molecule has 0 aliphatic rings. The molecule has 1 heterocycles. The molecule has 0 saturated carbocycles. The van der Waals surface area contributed by atoms with E-state index in [-0.39, 0.29) is 12.0 Å². The van der Waals surface area contributed by atoms with Gasteiger partial charge in [0.05, 0.1) is 11.7 Å². The van der Waals surface area contributed by atoms with E-state index in [4.69, 9.17) is 4.74 Å². The third kappa shape index (κ3) is 5.30. The third-order valence-electron chi connectivity index (χ3n) is 3.99. The second kappa shape index (κ2) is 8.99. The van der Waals surface area contributed by atoms with E-state index < -0.39 is 0 Å². The van der Waals surface area contributed by atoms with Gasteiger partial charge in [-0.25, -0.2) is 9.97 Å². The summed E-state index contributed by atoms with van der Waals surface area (Å²) in [6.07, 6.45) is 3.18. The predicted molar refractivity (Wildman–Crippen MR) is 111 cm³/mol. The zero-order valence-corrected chi connectivity index (χ0v) is 16.3. The van der Waals surface area contributed by atoms with Gasteiger partial charge in [-0.1, -0.05) is 30.3 Å². The van der Waals surface area contributed by atoms with Crippen molar-refractivity contribution in [2.75, 3.05) is 17.3 Å². The van der Waals surface area contributed by atoms with Crippen molar-refractivity contribution in [3.8, 4) is 5.75 Å². The van der Waals surface area contributed by atoms with Crippen LogP contribution in [0.15, 0.2) is 67.0 Å². The Morgan fingerprint density at radius 1 is 1.04 bits per heavy atom. The number of hydrogen-bond acceptors (Lipinski definition) is 5. The van der Waals surface area contributed by atoms with Crippen molar-refractivity contribution in [3.05, 3.63) is 78.1 Å². The average Bonchev–Trinajstić information content (AvgIpc) is 2.70. The van der Waals surface area contributed by atoms with E-state index in [1.165, 1.54) is 18.0 Å². The lowest BCUT2D eigenvalue weighted by molar-refractivity contribution is 0.102. The quantitative estimate of drug-likeness (QED) is 0.671. The number of anilines is 2. The second-order valence-corrected chi connectivity index (χ2v) is 6.76. The summed E-state index contributed by atoms with van der Waals surface area (Å²) < 4.78 is 5.60. The molecule has 0 spiro atoms. The Morgan fingerprint density at radius 2 is 1.68 bits per heavy atom. The number of benzene rings is 2. The number of rotatable bonds is 7. The van der Waals surface area contributed by atoms with Crippen molar-refractivity contribution in [3.63, 3.8) is 0 Å².